The number of amides is 2. The predicted octanol–water partition coefficient (Wildman–Crippen LogP) is 3.85. The van der Waals surface area contributed by atoms with Gasteiger partial charge in [0.25, 0.3) is 5.91 Å². The SMILES string of the molecule is CCN(C(=O)c1cc(F)ccc1Oc1cncnc1N1CC2(CCN(C(=O)[C@@H]3C[C@]4(C)C[C@@H]4N3)CC2)C1)C(C)C. The van der Waals surface area contributed by atoms with E-state index in [9.17, 15) is 14.0 Å². The van der Waals surface area contributed by atoms with Crippen molar-refractivity contribution in [2.45, 2.75) is 71.5 Å². The highest BCUT2D eigenvalue weighted by molar-refractivity contribution is 5.97. The molecule has 1 aromatic heterocycles. The number of hydrogen-bond acceptors (Lipinski definition) is 7. The number of carbonyl (C=O) groups is 2. The van der Waals surface area contributed by atoms with Gasteiger partial charge in [-0.3, -0.25) is 9.59 Å². The van der Waals surface area contributed by atoms with Crippen molar-refractivity contribution >= 4 is 17.6 Å². The number of halogens is 1. The summed E-state index contributed by atoms with van der Waals surface area (Å²) in [6, 6.07) is 4.47. The normalized spacial score (nSPS) is 26.4. The zero-order chi connectivity index (χ0) is 28.2. The molecule has 0 radical (unpaired) electrons. The van der Waals surface area contributed by atoms with E-state index in [1.807, 2.05) is 25.7 Å². The third-order valence-electron chi connectivity index (χ3n) is 9.49. The molecule has 1 aliphatic carbocycles. The van der Waals surface area contributed by atoms with E-state index < -0.39 is 5.82 Å². The molecular formula is C30H39FN6O3. The third-order valence-corrected chi connectivity index (χ3v) is 9.49. The van der Waals surface area contributed by atoms with E-state index >= 15 is 0 Å². The van der Waals surface area contributed by atoms with Crippen LogP contribution in [0.3, 0.4) is 0 Å². The number of ether oxygens (including phenoxy) is 1. The molecule has 1 aromatic carbocycles. The molecule has 2 aromatic rings. The summed E-state index contributed by atoms with van der Waals surface area (Å²) in [7, 11) is 0. The molecule has 10 heteroatoms. The van der Waals surface area contributed by atoms with E-state index in [-0.39, 0.29) is 40.6 Å². The average Bonchev–Trinajstić information content (AvgIpc) is 3.43. The Morgan fingerprint density at radius 1 is 1.20 bits per heavy atom. The lowest BCUT2D eigenvalue weighted by Gasteiger charge is -2.54. The van der Waals surface area contributed by atoms with Gasteiger partial charge in [0.05, 0.1) is 17.8 Å². The summed E-state index contributed by atoms with van der Waals surface area (Å²) in [6.07, 6.45) is 7.15. The van der Waals surface area contributed by atoms with Crippen LogP contribution in [-0.2, 0) is 4.79 Å². The van der Waals surface area contributed by atoms with Crippen molar-refractivity contribution in [2.24, 2.45) is 10.8 Å². The number of likely N-dealkylation sites (tertiary alicyclic amines) is 1. The fourth-order valence-electron chi connectivity index (χ4n) is 6.87. The first kappa shape index (κ1) is 26.9. The number of piperidine rings is 2. The molecule has 0 bridgehead atoms. The van der Waals surface area contributed by atoms with Crippen LogP contribution in [0.4, 0.5) is 10.2 Å². The van der Waals surface area contributed by atoms with Gasteiger partial charge < -0.3 is 24.8 Å². The van der Waals surface area contributed by atoms with Gasteiger partial charge in [-0.1, -0.05) is 6.92 Å². The Hall–Kier alpha value is -3.27. The summed E-state index contributed by atoms with van der Waals surface area (Å²) in [4.78, 5) is 40.9. The van der Waals surface area contributed by atoms with E-state index in [0.29, 0.717) is 29.6 Å². The maximum atomic E-state index is 14.2. The Kier molecular flexibility index (Phi) is 6.71. The van der Waals surface area contributed by atoms with Crippen molar-refractivity contribution in [1.82, 2.24) is 25.1 Å². The van der Waals surface area contributed by atoms with Crippen LogP contribution in [0.1, 0.15) is 63.7 Å². The molecule has 0 unspecified atom stereocenters. The molecule has 4 fully saturated rings. The number of aromatic nitrogens is 2. The molecule has 6 rings (SSSR count). The Labute approximate surface area is 235 Å². The Balaban J connectivity index is 1.11. The van der Waals surface area contributed by atoms with Gasteiger partial charge in [0.15, 0.2) is 11.6 Å². The van der Waals surface area contributed by atoms with Gasteiger partial charge in [-0.05, 0) is 70.1 Å². The largest absolute Gasteiger partial charge is 0.451 e. The minimum absolute atomic E-state index is 0.0235. The number of fused-ring (bicyclic) bond motifs is 1. The number of nitrogens with one attached hydrogen (secondary N) is 1. The van der Waals surface area contributed by atoms with Gasteiger partial charge in [-0.2, -0.15) is 0 Å². The van der Waals surface area contributed by atoms with E-state index in [4.69, 9.17) is 4.74 Å². The predicted molar refractivity (Wildman–Crippen MR) is 149 cm³/mol. The topological polar surface area (TPSA) is 90.9 Å². The fourth-order valence-corrected chi connectivity index (χ4v) is 6.87. The fraction of sp³-hybridized carbons (Fsp3) is 0.600. The standard InChI is InChI=1S/C30H39FN6O3/c1-5-37(19(2)3)27(38)21-12-20(31)6-7-23(21)40-24-15-32-18-33-26(24)36-16-30(17-36)8-10-35(11-9-30)28(39)22-13-29(4)14-25(29)34-22/h6-7,12,15,18-19,22,25,34H,5,8-11,13-14,16-17H2,1-4H3/t22-,25-,29+/m0/s1. The summed E-state index contributed by atoms with van der Waals surface area (Å²) in [5.41, 5.74) is 0.645. The monoisotopic (exact) mass is 550 g/mol. The molecule has 2 amide bonds. The Morgan fingerprint density at radius 3 is 2.60 bits per heavy atom. The molecule has 3 aliphatic heterocycles. The van der Waals surface area contributed by atoms with Crippen molar-refractivity contribution in [3.63, 3.8) is 0 Å². The number of rotatable bonds is 7. The zero-order valence-electron chi connectivity index (χ0n) is 23.8. The molecule has 4 aliphatic rings. The molecule has 9 nitrogen and oxygen atoms in total. The molecular weight excluding hydrogens is 511 g/mol. The number of benzene rings is 1. The maximum absolute atomic E-state index is 14.2. The second kappa shape index (κ2) is 9.98. The number of hydrogen-bond donors (Lipinski definition) is 1. The second-order valence-electron chi connectivity index (χ2n) is 12.7. The highest BCUT2D eigenvalue weighted by Crippen LogP contribution is 2.54. The summed E-state index contributed by atoms with van der Waals surface area (Å²) in [5, 5.41) is 3.53. The van der Waals surface area contributed by atoms with Crippen LogP contribution in [0, 0.1) is 16.6 Å². The molecule has 214 valence electrons. The smallest absolute Gasteiger partial charge is 0.257 e. The van der Waals surface area contributed by atoms with Crippen LogP contribution in [0.5, 0.6) is 11.5 Å². The molecule has 1 spiro atoms. The third kappa shape index (κ3) is 4.80. The van der Waals surface area contributed by atoms with Crippen LogP contribution in [0.2, 0.25) is 0 Å². The summed E-state index contributed by atoms with van der Waals surface area (Å²) in [5.74, 6) is 0.835. The Morgan fingerprint density at radius 2 is 1.95 bits per heavy atom. The van der Waals surface area contributed by atoms with Crippen LogP contribution in [0.25, 0.3) is 0 Å². The van der Waals surface area contributed by atoms with Crippen LogP contribution < -0.4 is 15.0 Å². The van der Waals surface area contributed by atoms with E-state index in [1.165, 1.54) is 30.9 Å². The first-order chi connectivity index (χ1) is 19.1. The van der Waals surface area contributed by atoms with E-state index in [2.05, 4.69) is 27.1 Å². The summed E-state index contributed by atoms with van der Waals surface area (Å²) < 4.78 is 20.4. The lowest BCUT2D eigenvalue weighted by molar-refractivity contribution is -0.136. The van der Waals surface area contributed by atoms with Gasteiger partial charge >= 0.3 is 0 Å². The van der Waals surface area contributed by atoms with Crippen molar-refractivity contribution in [1.29, 1.82) is 0 Å². The van der Waals surface area contributed by atoms with Gasteiger partial charge in [0.2, 0.25) is 5.91 Å². The van der Waals surface area contributed by atoms with Crippen LogP contribution >= 0.6 is 0 Å². The molecule has 3 atom stereocenters. The summed E-state index contributed by atoms with van der Waals surface area (Å²) >= 11 is 0. The molecule has 4 heterocycles. The van der Waals surface area contributed by atoms with Crippen LogP contribution in [-0.4, -0.2) is 82.4 Å². The Bertz CT molecular complexity index is 1300. The van der Waals surface area contributed by atoms with Gasteiger partial charge in [0, 0.05) is 50.2 Å². The second-order valence-corrected chi connectivity index (χ2v) is 12.7. The highest BCUT2D eigenvalue weighted by atomic mass is 19.1. The quantitative estimate of drug-likeness (QED) is 0.560. The molecule has 3 saturated heterocycles. The first-order valence-electron chi connectivity index (χ1n) is 14.5. The zero-order valence-corrected chi connectivity index (χ0v) is 23.8. The van der Waals surface area contributed by atoms with Gasteiger partial charge in [-0.25, -0.2) is 14.4 Å². The minimum Gasteiger partial charge on any atom is -0.451 e. The number of carbonyl (C=O) groups excluding carboxylic acids is 2. The van der Waals surface area contributed by atoms with E-state index in [1.54, 1.807) is 11.1 Å². The van der Waals surface area contributed by atoms with Gasteiger partial charge in [-0.15, -0.1) is 0 Å². The number of nitrogens with zero attached hydrogens (tertiary/aromatic N) is 5. The average molecular weight is 551 g/mol. The highest BCUT2D eigenvalue weighted by Gasteiger charge is 2.58. The summed E-state index contributed by atoms with van der Waals surface area (Å²) in [6.45, 7) is 11.7. The minimum atomic E-state index is -0.496. The van der Waals surface area contributed by atoms with Crippen molar-refractivity contribution in [3.05, 3.63) is 42.1 Å². The maximum Gasteiger partial charge on any atom is 0.257 e. The molecule has 1 N–H and O–H groups in total. The van der Waals surface area contributed by atoms with Gasteiger partial charge in [0.1, 0.15) is 17.9 Å². The lowest BCUT2D eigenvalue weighted by Crippen LogP contribution is -2.62. The molecule has 40 heavy (non-hydrogen) atoms. The number of anilines is 1. The van der Waals surface area contributed by atoms with Crippen LogP contribution in [0.15, 0.2) is 30.7 Å². The van der Waals surface area contributed by atoms with Crippen molar-refractivity contribution in [2.75, 3.05) is 37.6 Å². The first-order valence-corrected chi connectivity index (χ1v) is 14.5. The van der Waals surface area contributed by atoms with Crippen molar-refractivity contribution < 1.29 is 18.7 Å². The molecule has 1 saturated carbocycles. The van der Waals surface area contributed by atoms with E-state index in [0.717, 1.165) is 45.4 Å². The lowest BCUT2D eigenvalue weighted by atomic mass is 9.72. The van der Waals surface area contributed by atoms with Crippen molar-refractivity contribution in [3.8, 4) is 11.5 Å².